The average Bonchev–Trinajstić information content (AvgIpc) is 3.47. The standard InChI is InChI=1S/C46H62ClP/c1-7-18-32-29-34(19-8-2)42(35(30-32)20-9-3)39-27-28-41(47)43(40-31-33-21-16-17-26-38(33)44(40)46(4,5)6)45(39)48(36-22-12-10-13-23-36)37-24-14-11-15-25-37/h16-17,21,26-31,36-37,44H,7-15,18-20,22-25H2,1-6H3. The Labute approximate surface area is 300 Å². The molecule has 2 saturated carbocycles. The van der Waals surface area contributed by atoms with E-state index in [1.54, 1.807) is 27.6 Å². The lowest BCUT2D eigenvalue weighted by atomic mass is 9.72. The maximum atomic E-state index is 7.69. The Balaban J connectivity index is 1.70. The molecule has 0 amide bonds. The van der Waals surface area contributed by atoms with Crippen LogP contribution in [0, 0.1) is 5.41 Å². The van der Waals surface area contributed by atoms with Crippen LogP contribution in [0.25, 0.3) is 22.8 Å². The first-order chi connectivity index (χ1) is 23.3. The fourth-order valence-corrected chi connectivity index (χ4v) is 14.2. The molecule has 0 radical (unpaired) electrons. The van der Waals surface area contributed by atoms with Crippen LogP contribution in [-0.4, -0.2) is 11.3 Å². The predicted molar refractivity (Wildman–Crippen MR) is 216 cm³/mol. The van der Waals surface area contributed by atoms with Gasteiger partial charge in [-0.25, -0.2) is 0 Å². The van der Waals surface area contributed by atoms with E-state index < -0.39 is 7.92 Å². The van der Waals surface area contributed by atoms with E-state index >= 15 is 0 Å². The van der Waals surface area contributed by atoms with Crippen LogP contribution in [0.1, 0.15) is 164 Å². The third-order valence-corrected chi connectivity index (χ3v) is 15.5. The Morgan fingerprint density at radius 1 is 0.688 bits per heavy atom. The molecule has 0 heterocycles. The molecule has 0 saturated heterocycles. The molecule has 48 heavy (non-hydrogen) atoms. The molecule has 6 rings (SSSR count). The molecule has 3 aliphatic carbocycles. The zero-order valence-corrected chi connectivity index (χ0v) is 32.7. The molecule has 3 aliphatic rings. The van der Waals surface area contributed by atoms with Gasteiger partial charge in [0.15, 0.2) is 0 Å². The first-order valence-electron chi connectivity index (χ1n) is 19.8. The van der Waals surface area contributed by atoms with Crippen LogP contribution in [0.2, 0.25) is 5.02 Å². The minimum atomic E-state index is -0.403. The van der Waals surface area contributed by atoms with Gasteiger partial charge in [-0.3, -0.25) is 0 Å². The molecule has 0 nitrogen and oxygen atoms in total. The van der Waals surface area contributed by atoms with Gasteiger partial charge < -0.3 is 0 Å². The molecular formula is C46H62ClP. The van der Waals surface area contributed by atoms with Crippen molar-refractivity contribution in [1.29, 1.82) is 0 Å². The summed E-state index contributed by atoms with van der Waals surface area (Å²) in [6.07, 6.45) is 23.6. The normalized spacial score (nSPS) is 19.2. The molecule has 0 spiro atoms. The quantitative estimate of drug-likeness (QED) is 0.177. The average molecular weight is 681 g/mol. The fourth-order valence-electron chi connectivity index (χ4n) is 9.72. The van der Waals surface area contributed by atoms with Crippen molar-refractivity contribution in [1.82, 2.24) is 0 Å². The SMILES string of the molecule is CCCc1cc(CCC)c(-c2ccc(Cl)c(C3=Cc4ccccc4C3C(C)(C)C)c2P(C2CCCCC2)C2CCCCC2)c(CCC)c1. The Morgan fingerprint density at radius 2 is 1.25 bits per heavy atom. The first kappa shape index (κ1) is 35.9. The van der Waals surface area contributed by atoms with Crippen molar-refractivity contribution >= 4 is 36.5 Å². The van der Waals surface area contributed by atoms with E-state index in [2.05, 4.69) is 96.1 Å². The van der Waals surface area contributed by atoms with Crippen LogP contribution in [0.3, 0.4) is 0 Å². The molecule has 258 valence electrons. The van der Waals surface area contributed by atoms with E-state index in [0.29, 0.717) is 5.92 Å². The van der Waals surface area contributed by atoms with Crippen LogP contribution in [0.5, 0.6) is 0 Å². The van der Waals surface area contributed by atoms with Crippen molar-refractivity contribution in [3.8, 4) is 11.1 Å². The second-order valence-electron chi connectivity index (χ2n) is 16.4. The number of benzene rings is 3. The highest BCUT2D eigenvalue weighted by Gasteiger charge is 2.41. The molecular weight excluding hydrogens is 619 g/mol. The summed E-state index contributed by atoms with van der Waals surface area (Å²) >= 11 is 7.69. The summed E-state index contributed by atoms with van der Waals surface area (Å²) in [5.74, 6) is 0.326. The summed E-state index contributed by atoms with van der Waals surface area (Å²) in [7, 11) is -0.403. The summed E-state index contributed by atoms with van der Waals surface area (Å²) in [5.41, 5.74) is 15.3. The maximum Gasteiger partial charge on any atom is 0.0488 e. The topological polar surface area (TPSA) is 0 Å². The summed E-state index contributed by atoms with van der Waals surface area (Å²) in [5, 5.41) is 2.68. The predicted octanol–water partition coefficient (Wildman–Crippen LogP) is 14.3. The highest BCUT2D eigenvalue weighted by Crippen LogP contribution is 2.60. The molecule has 1 atom stereocenters. The van der Waals surface area contributed by atoms with Crippen LogP contribution in [-0.2, 0) is 19.3 Å². The summed E-state index contributed by atoms with van der Waals surface area (Å²) < 4.78 is 0. The van der Waals surface area contributed by atoms with E-state index in [4.69, 9.17) is 11.6 Å². The van der Waals surface area contributed by atoms with Crippen LogP contribution in [0.4, 0.5) is 0 Å². The molecule has 2 heteroatoms. The summed E-state index contributed by atoms with van der Waals surface area (Å²) in [6.45, 7) is 14.4. The van der Waals surface area contributed by atoms with Crippen molar-refractivity contribution in [2.45, 2.75) is 162 Å². The van der Waals surface area contributed by atoms with Gasteiger partial charge >= 0.3 is 0 Å². The zero-order valence-electron chi connectivity index (χ0n) is 31.1. The van der Waals surface area contributed by atoms with E-state index in [1.165, 1.54) is 118 Å². The lowest BCUT2D eigenvalue weighted by Crippen LogP contribution is -2.30. The number of allylic oxidation sites excluding steroid dienone is 1. The molecule has 1 unspecified atom stereocenters. The van der Waals surface area contributed by atoms with E-state index in [-0.39, 0.29) is 5.41 Å². The van der Waals surface area contributed by atoms with Crippen LogP contribution >= 0.6 is 19.5 Å². The largest absolute Gasteiger partial charge is 0.0837 e. The van der Waals surface area contributed by atoms with Crippen molar-refractivity contribution in [3.05, 3.63) is 86.9 Å². The van der Waals surface area contributed by atoms with Crippen LogP contribution in [0.15, 0.2) is 48.5 Å². The zero-order chi connectivity index (χ0) is 33.8. The Kier molecular flexibility index (Phi) is 12.0. The van der Waals surface area contributed by atoms with Gasteiger partial charge in [0.25, 0.3) is 0 Å². The molecule has 0 aliphatic heterocycles. The number of aryl methyl sites for hydroxylation is 3. The smallest absolute Gasteiger partial charge is 0.0488 e. The van der Waals surface area contributed by atoms with Gasteiger partial charge in [-0.2, -0.15) is 0 Å². The highest BCUT2D eigenvalue weighted by molar-refractivity contribution is 7.67. The number of hydrogen-bond donors (Lipinski definition) is 0. The van der Waals surface area contributed by atoms with Gasteiger partial charge in [0.05, 0.1) is 0 Å². The number of hydrogen-bond acceptors (Lipinski definition) is 0. The number of halogens is 1. The summed E-state index contributed by atoms with van der Waals surface area (Å²) in [6, 6.07) is 19.2. The van der Waals surface area contributed by atoms with Gasteiger partial charge in [0.2, 0.25) is 0 Å². The summed E-state index contributed by atoms with van der Waals surface area (Å²) in [4.78, 5) is 0. The Bertz CT molecular complexity index is 1530. The molecule has 0 aromatic heterocycles. The molecule has 0 bridgehead atoms. The van der Waals surface area contributed by atoms with Gasteiger partial charge in [0.1, 0.15) is 0 Å². The van der Waals surface area contributed by atoms with Crippen molar-refractivity contribution in [3.63, 3.8) is 0 Å². The van der Waals surface area contributed by atoms with Gasteiger partial charge in [0, 0.05) is 16.5 Å². The van der Waals surface area contributed by atoms with Crippen LogP contribution < -0.4 is 5.30 Å². The lowest BCUT2D eigenvalue weighted by Gasteiger charge is -2.42. The second kappa shape index (κ2) is 16.0. The van der Waals surface area contributed by atoms with Crippen molar-refractivity contribution < 1.29 is 0 Å². The maximum absolute atomic E-state index is 7.69. The highest BCUT2D eigenvalue weighted by atomic mass is 35.5. The first-order valence-corrected chi connectivity index (χ1v) is 21.7. The third-order valence-electron chi connectivity index (χ3n) is 11.6. The minimum absolute atomic E-state index is 0.0794. The molecule has 2 fully saturated rings. The lowest BCUT2D eigenvalue weighted by molar-refractivity contribution is 0.377. The van der Waals surface area contributed by atoms with Gasteiger partial charge in [-0.15, -0.1) is 0 Å². The number of rotatable bonds is 11. The van der Waals surface area contributed by atoms with Gasteiger partial charge in [-0.05, 0) is 118 Å². The molecule has 3 aromatic rings. The number of fused-ring (bicyclic) bond motifs is 1. The molecule has 0 N–H and O–H groups in total. The minimum Gasteiger partial charge on any atom is -0.0837 e. The molecule has 3 aromatic carbocycles. The van der Waals surface area contributed by atoms with E-state index in [0.717, 1.165) is 29.2 Å². The van der Waals surface area contributed by atoms with Crippen molar-refractivity contribution in [2.75, 3.05) is 0 Å². The van der Waals surface area contributed by atoms with E-state index in [9.17, 15) is 0 Å². The second-order valence-corrected chi connectivity index (χ2v) is 19.5. The fraction of sp³-hybridized carbons (Fsp3) is 0.565. The van der Waals surface area contributed by atoms with E-state index in [1.807, 2.05) is 0 Å². The monoisotopic (exact) mass is 680 g/mol. The Hall–Kier alpha value is -1.88. The van der Waals surface area contributed by atoms with Crippen molar-refractivity contribution in [2.24, 2.45) is 5.41 Å². The van der Waals surface area contributed by atoms with Gasteiger partial charge in [-0.1, -0.05) is 167 Å². The third kappa shape index (κ3) is 7.42. The Morgan fingerprint density at radius 3 is 1.79 bits per heavy atom.